The summed E-state index contributed by atoms with van der Waals surface area (Å²) < 4.78 is 1.46. The van der Waals surface area contributed by atoms with E-state index in [1.807, 2.05) is 24.3 Å². The molecule has 3 N–H and O–H groups in total. The summed E-state index contributed by atoms with van der Waals surface area (Å²) >= 11 is 5.41. The lowest BCUT2D eigenvalue weighted by Gasteiger charge is -2.04. The summed E-state index contributed by atoms with van der Waals surface area (Å²) in [5.41, 5.74) is 6.65. The maximum absolute atomic E-state index is 11.5. The van der Waals surface area contributed by atoms with E-state index in [1.54, 1.807) is 0 Å². The van der Waals surface area contributed by atoms with Gasteiger partial charge in [0.1, 0.15) is 4.47 Å². The number of nitrogens with zero attached hydrogens (tertiary/aromatic N) is 1. The van der Waals surface area contributed by atoms with Gasteiger partial charge in [-0.2, -0.15) is 0 Å². The van der Waals surface area contributed by atoms with E-state index >= 15 is 0 Å². The third-order valence-corrected chi connectivity index (χ3v) is 3.39. The summed E-state index contributed by atoms with van der Waals surface area (Å²) in [6.07, 6.45) is 0. The lowest BCUT2D eigenvalue weighted by Crippen LogP contribution is -2.13. The molecule has 1 heterocycles. The standard InChI is InChI=1S/C10H7BrIN3O/c11-7-8(14-10(13)15-9(7)16)5-2-1-3-6(12)4-5/h1-4H,(H3,13,14,15,16). The van der Waals surface area contributed by atoms with Gasteiger partial charge < -0.3 is 5.73 Å². The number of benzene rings is 1. The highest BCUT2D eigenvalue weighted by molar-refractivity contribution is 14.1. The van der Waals surface area contributed by atoms with E-state index < -0.39 is 0 Å². The summed E-state index contributed by atoms with van der Waals surface area (Å²) in [7, 11) is 0. The Morgan fingerprint density at radius 3 is 2.88 bits per heavy atom. The number of nitrogens with two attached hydrogens (primary N) is 1. The Kier molecular flexibility index (Phi) is 3.29. The molecule has 0 aliphatic carbocycles. The quantitative estimate of drug-likeness (QED) is 0.733. The van der Waals surface area contributed by atoms with Crippen LogP contribution < -0.4 is 11.3 Å². The number of aromatic amines is 1. The summed E-state index contributed by atoms with van der Waals surface area (Å²) in [5, 5.41) is 0. The number of aromatic nitrogens is 2. The van der Waals surface area contributed by atoms with E-state index in [9.17, 15) is 4.79 Å². The number of hydrogen-bond donors (Lipinski definition) is 2. The predicted molar refractivity (Wildman–Crippen MR) is 75.1 cm³/mol. The first-order valence-corrected chi connectivity index (χ1v) is 6.26. The Bertz CT molecular complexity index is 597. The van der Waals surface area contributed by atoms with Crippen molar-refractivity contribution in [1.29, 1.82) is 0 Å². The van der Waals surface area contributed by atoms with Gasteiger partial charge in [0, 0.05) is 9.13 Å². The van der Waals surface area contributed by atoms with Crippen LogP contribution in [0.3, 0.4) is 0 Å². The molecule has 82 valence electrons. The van der Waals surface area contributed by atoms with E-state index in [0.29, 0.717) is 10.2 Å². The van der Waals surface area contributed by atoms with Gasteiger partial charge >= 0.3 is 0 Å². The molecular formula is C10H7BrIN3O. The molecule has 1 aromatic heterocycles. The van der Waals surface area contributed by atoms with Crippen molar-refractivity contribution in [3.05, 3.63) is 42.7 Å². The highest BCUT2D eigenvalue weighted by Crippen LogP contribution is 2.24. The molecular weight excluding hydrogens is 385 g/mol. The minimum Gasteiger partial charge on any atom is -0.369 e. The van der Waals surface area contributed by atoms with Crippen molar-refractivity contribution in [2.45, 2.75) is 0 Å². The maximum atomic E-state index is 11.5. The van der Waals surface area contributed by atoms with Crippen LogP contribution in [0.5, 0.6) is 0 Å². The Balaban J connectivity index is 2.69. The van der Waals surface area contributed by atoms with Crippen LogP contribution in [-0.4, -0.2) is 9.97 Å². The first-order chi connectivity index (χ1) is 7.58. The second-order valence-corrected chi connectivity index (χ2v) is 5.16. The molecule has 0 saturated carbocycles. The number of nitrogens with one attached hydrogen (secondary N) is 1. The maximum Gasteiger partial charge on any atom is 0.267 e. The van der Waals surface area contributed by atoms with E-state index in [1.165, 1.54) is 0 Å². The number of halogens is 2. The molecule has 6 heteroatoms. The van der Waals surface area contributed by atoms with Crippen molar-refractivity contribution in [2.75, 3.05) is 5.73 Å². The number of rotatable bonds is 1. The molecule has 0 fully saturated rings. The Morgan fingerprint density at radius 1 is 1.44 bits per heavy atom. The zero-order valence-electron chi connectivity index (χ0n) is 8.00. The average molecular weight is 392 g/mol. The molecule has 0 radical (unpaired) electrons. The normalized spacial score (nSPS) is 10.4. The van der Waals surface area contributed by atoms with Gasteiger partial charge in [0.2, 0.25) is 5.95 Å². The highest BCUT2D eigenvalue weighted by atomic mass is 127. The number of anilines is 1. The van der Waals surface area contributed by atoms with Gasteiger partial charge in [-0.25, -0.2) is 4.98 Å². The molecule has 0 saturated heterocycles. The molecule has 0 amide bonds. The van der Waals surface area contributed by atoms with Crippen LogP contribution in [0.2, 0.25) is 0 Å². The monoisotopic (exact) mass is 391 g/mol. The Hall–Kier alpha value is -0.890. The molecule has 2 rings (SSSR count). The Morgan fingerprint density at radius 2 is 2.19 bits per heavy atom. The van der Waals surface area contributed by atoms with Crippen LogP contribution in [0.4, 0.5) is 5.95 Å². The van der Waals surface area contributed by atoms with Crippen molar-refractivity contribution < 1.29 is 0 Å². The summed E-state index contributed by atoms with van der Waals surface area (Å²) in [4.78, 5) is 18.0. The van der Waals surface area contributed by atoms with E-state index in [2.05, 4.69) is 48.5 Å². The molecule has 16 heavy (non-hydrogen) atoms. The molecule has 0 aliphatic rings. The molecule has 0 bridgehead atoms. The second kappa shape index (κ2) is 4.54. The summed E-state index contributed by atoms with van der Waals surface area (Å²) in [5.74, 6) is 0.113. The van der Waals surface area contributed by atoms with Crippen molar-refractivity contribution in [3.63, 3.8) is 0 Å². The van der Waals surface area contributed by atoms with Crippen LogP contribution >= 0.6 is 38.5 Å². The smallest absolute Gasteiger partial charge is 0.267 e. The lowest BCUT2D eigenvalue weighted by atomic mass is 10.1. The number of nitrogen functional groups attached to an aromatic ring is 1. The van der Waals surface area contributed by atoms with Gasteiger partial charge in [0.15, 0.2) is 0 Å². The molecule has 1 aromatic carbocycles. The third-order valence-electron chi connectivity index (χ3n) is 1.98. The first-order valence-electron chi connectivity index (χ1n) is 4.39. The van der Waals surface area contributed by atoms with Gasteiger partial charge in [-0.1, -0.05) is 12.1 Å². The zero-order valence-corrected chi connectivity index (χ0v) is 11.7. The van der Waals surface area contributed by atoms with Crippen LogP contribution in [0.1, 0.15) is 0 Å². The number of hydrogen-bond acceptors (Lipinski definition) is 3. The van der Waals surface area contributed by atoms with Gasteiger partial charge in [-0.3, -0.25) is 9.78 Å². The van der Waals surface area contributed by atoms with E-state index in [0.717, 1.165) is 9.13 Å². The second-order valence-electron chi connectivity index (χ2n) is 3.12. The van der Waals surface area contributed by atoms with Crippen molar-refractivity contribution >= 4 is 44.5 Å². The van der Waals surface area contributed by atoms with Gasteiger partial charge in [-0.15, -0.1) is 0 Å². The fourth-order valence-corrected chi connectivity index (χ4v) is 2.26. The van der Waals surface area contributed by atoms with Crippen LogP contribution in [-0.2, 0) is 0 Å². The summed E-state index contributed by atoms with van der Waals surface area (Å²) in [6.45, 7) is 0. The van der Waals surface area contributed by atoms with Gasteiger partial charge in [-0.05, 0) is 50.7 Å². The molecule has 2 aromatic rings. The average Bonchev–Trinajstić information content (AvgIpc) is 2.23. The lowest BCUT2D eigenvalue weighted by molar-refractivity contribution is 1.12. The van der Waals surface area contributed by atoms with E-state index in [4.69, 9.17) is 5.73 Å². The predicted octanol–water partition coefficient (Wildman–Crippen LogP) is 2.39. The first kappa shape index (κ1) is 11.6. The highest BCUT2D eigenvalue weighted by Gasteiger charge is 2.09. The van der Waals surface area contributed by atoms with Crippen molar-refractivity contribution in [3.8, 4) is 11.3 Å². The minimum atomic E-state index is -0.277. The largest absolute Gasteiger partial charge is 0.369 e. The fourth-order valence-electron chi connectivity index (χ4n) is 1.30. The van der Waals surface area contributed by atoms with Gasteiger partial charge in [0.25, 0.3) is 5.56 Å². The van der Waals surface area contributed by atoms with Crippen molar-refractivity contribution in [1.82, 2.24) is 9.97 Å². The topological polar surface area (TPSA) is 71.8 Å². The third kappa shape index (κ3) is 2.27. The van der Waals surface area contributed by atoms with Crippen LogP contribution in [0, 0.1) is 3.57 Å². The SMILES string of the molecule is Nc1nc(-c2cccc(I)c2)c(Br)c(=O)[nH]1. The zero-order chi connectivity index (χ0) is 11.7. The van der Waals surface area contributed by atoms with Crippen molar-refractivity contribution in [2.24, 2.45) is 0 Å². The molecule has 0 atom stereocenters. The van der Waals surface area contributed by atoms with Crippen LogP contribution in [0.25, 0.3) is 11.3 Å². The summed E-state index contributed by atoms with van der Waals surface area (Å²) in [6, 6.07) is 7.69. The minimum absolute atomic E-state index is 0.113. The molecule has 0 unspecified atom stereocenters. The molecule has 0 spiro atoms. The number of H-pyrrole nitrogens is 1. The van der Waals surface area contributed by atoms with E-state index in [-0.39, 0.29) is 11.5 Å². The molecule has 0 aliphatic heterocycles. The fraction of sp³-hybridized carbons (Fsp3) is 0. The van der Waals surface area contributed by atoms with Gasteiger partial charge in [0.05, 0.1) is 5.69 Å². The Labute approximate surface area is 114 Å². The van der Waals surface area contributed by atoms with Crippen LogP contribution in [0.15, 0.2) is 33.5 Å². The molecule has 4 nitrogen and oxygen atoms in total.